The summed E-state index contributed by atoms with van der Waals surface area (Å²) in [6.07, 6.45) is 4.55. The maximum atomic E-state index is 11.9. The zero-order chi connectivity index (χ0) is 23.9. The Kier molecular flexibility index (Phi) is 11.8. The number of carbonyl (C=O) groups excluding carboxylic acids is 1. The molecule has 0 heterocycles. The number of esters is 1. The van der Waals surface area contributed by atoms with E-state index in [4.69, 9.17) is 9.84 Å². The number of aliphatic carboxylic acids is 1. The highest BCUT2D eigenvalue weighted by molar-refractivity contribution is 5.71. The number of aromatic hydroxyl groups is 2. The number of unbranched alkanes of at least 4 members (excludes halogenated alkanes) is 3. The van der Waals surface area contributed by atoms with E-state index >= 15 is 0 Å². The fourth-order valence-corrected chi connectivity index (χ4v) is 3.45. The van der Waals surface area contributed by atoms with Crippen LogP contribution in [0.5, 0.6) is 11.5 Å². The van der Waals surface area contributed by atoms with Gasteiger partial charge in [0.15, 0.2) is 0 Å². The summed E-state index contributed by atoms with van der Waals surface area (Å²) in [5, 5.41) is 31.7. The van der Waals surface area contributed by atoms with E-state index in [9.17, 15) is 19.8 Å². The van der Waals surface area contributed by atoms with E-state index in [1.54, 1.807) is 35.2 Å². The Balaban J connectivity index is 1.54. The maximum Gasteiger partial charge on any atom is 0.319 e. The van der Waals surface area contributed by atoms with Crippen molar-refractivity contribution in [2.24, 2.45) is 0 Å². The van der Waals surface area contributed by atoms with Crippen molar-refractivity contribution in [1.29, 1.82) is 0 Å². The Hall–Kier alpha value is -3.10. The van der Waals surface area contributed by atoms with Crippen molar-refractivity contribution >= 4 is 11.9 Å². The van der Waals surface area contributed by atoms with E-state index in [0.29, 0.717) is 37.6 Å². The van der Waals surface area contributed by atoms with Crippen LogP contribution >= 0.6 is 0 Å². The van der Waals surface area contributed by atoms with E-state index in [1.807, 2.05) is 18.2 Å². The van der Waals surface area contributed by atoms with Gasteiger partial charge in [-0.3, -0.25) is 14.5 Å². The van der Waals surface area contributed by atoms with Gasteiger partial charge in [0.2, 0.25) is 0 Å². The number of ether oxygens (including phenoxy) is 1. The van der Waals surface area contributed by atoms with Gasteiger partial charge in [0.25, 0.3) is 0 Å². The summed E-state index contributed by atoms with van der Waals surface area (Å²) in [7, 11) is 0. The molecule has 0 aliphatic rings. The minimum atomic E-state index is -0.953. The predicted octanol–water partition coefficient (Wildman–Crippen LogP) is 2.92. The van der Waals surface area contributed by atoms with E-state index in [1.165, 1.54) is 0 Å². The lowest BCUT2D eigenvalue weighted by molar-refractivity contribution is -0.143. The molecule has 2 aromatic rings. The molecule has 2 aromatic carbocycles. The van der Waals surface area contributed by atoms with Gasteiger partial charge in [-0.2, -0.15) is 0 Å². The van der Waals surface area contributed by atoms with Crippen molar-refractivity contribution in [3.05, 3.63) is 59.7 Å². The summed E-state index contributed by atoms with van der Waals surface area (Å²) in [5.74, 6) is -0.828. The molecule has 0 spiro atoms. The van der Waals surface area contributed by atoms with E-state index < -0.39 is 5.97 Å². The molecule has 33 heavy (non-hydrogen) atoms. The monoisotopic (exact) mass is 458 g/mol. The third-order valence-electron chi connectivity index (χ3n) is 5.21. The molecular weight excluding hydrogens is 424 g/mol. The number of carbonyl (C=O) groups is 2. The molecule has 0 unspecified atom stereocenters. The quantitative estimate of drug-likeness (QED) is 0.224. The SMILES string of the molecule is O=C(O)CN(CCNCC(=O)OCCCCCCc1ccccc1O)Cc1ccccc1O. The highest BCUT2D eigenvalue weighted by Gasteiger charge is 2.12. The largest absolute Gasteiger partial charge is 0.508 e. The van der Waals surface area contributed by atoms with Crippen LogP contribution in [0.15, 0.2) is 48.5 Å². The number of nitrogens with one attached hydrogen (secondary N) is 1. The van der Waals surface area contributed by atoms with Gasteiger partial charge in [-0.1, -0.05) is 49.2 Å². The fraction of sp³-hybridized carbons (Fsp3) is 0.440. The first-order chi connectivity index (χ1) is 16.0. The Labute approximate surface area is 194 Å². The molecule has 0 fully saturated rings. The second kappa shape index (κ2) is 14.9. The van der Waals surface area contributed by atoms with Crippen LogP contribution < -0.4 is 5.32 Å². The maximum absolute atomic E-state index is 11.9. The number of para-hydroxylation sites is 2. The Bertz CT molecular complexity index is 873. The number of nitrogens with zero attached hydrogens (tertiary/aromatic N) is 1. The number of phenols is 2. The molecule has 0 saturated carbocycles. The van der Waals surface area contributed by atoms with Crippen LogP contribution in [0, 0.1) is 0 Å². The van der Waals surface area contributed by atoms with Gasteiger partial charge in [-0.15, -0.1) is 0 Å². The number of carboxylic acids is 1. The third kappa shape index (κ3) is 10.9. The first-order valence-corrected chi connectivity index (χ1v) is 11.3. The van der Waals surface area contributed by atoms with Crippen LogP contribution in [-0.2, 0) is 27.3 Å². The first kappa shape index (κ1) is 26.2. The van der Waals surface area contributed by atoms with Gasteiger partial charge in [-0.05, 0) is 37.0 Å². The van der Waals surface area contributed by atoms with Gasteiger partial charge in [0, 0.05) is 25.2 Å². The fourth-order valence-electron chi connectivity index (χ4n) is 3.45. The summed E-state index contributed by atoms with van der Waals surface area (Å²) in [6, 6.07) is 14.2. The number of carboxylic acid groups (broad SMARTS) is 1. The molecule has 2 rings (SSSR count). The molecule has 0 aliphatic heterocycles. The second-order valence-corrected chi connectivity index (χ2v) is 7.92. The highest BCUT2D eigenvalue weighted by Crippen LogP contribution is 2.19. The zero-order valence-electron chi connectivity index (χ0n) is 18.9. The summed E-state index contributed by atoms with van der Waals surface area (Å²) >= 11 is 0. The second-order valence-electron chi connectivity index (χ2n) is 7.92. The highest BCUT2D eigenvalue weighted by atomic mass is 16.5. The number of aryl methyl sites for hydroxylation is 1. The normalized spacial score (nSPS) is 10.9. The molecule has 180 valence electrons. The van der Waals surface area contributed by atoms with Crippen LogP contribution in [0.3, 0.4) is 0 Å². The van der Waals surface area contributed by atoms with Crippen LogP contribution in [0.25, 0.3) is 0 Å². The van der Waals surface area contributed by atoms with Gasteiger partial charge >= 0.3 is 11.9 Å². The van der Waals surface area contributed by atoms with Crippen LogP contribution in [0.2, 0.25) is 0 Å². The molecule has 0 radical (unpaired) electrons. The van der Waals surface area contributed by atoms with Crippen molar-refractivity contribution in [3.63, 3.8) is 0 Å². The smallest absolute Gasteiger partial charge is 0.319 e. The van der Waals surface area contributed by atoms with Gasteiger partial charge in [0.05, 0.1) is 19.7 Å². The van der Waals surface area contributed by atoms with Crippen molar-refractivity contribution < 1.29 is 29.6 Å². The van der Waals surface area contributed by atoms with Crippen molar-refractivity contribution in [3.8, 4) is 11.5 Å². The topological polar surface area (TPSA) is 119 Å². The molecule has 0 aromatic heterocycles. The number of phenolic OH excluding ortho intramolecular Hbond substituents is 2. The van der Waals surface area contributed by atoms with Gasteiger partial charge in [-0.25, -0.2) is 0 Å². The van der Waals surface area contributed by atoms with E-state index in [-0.39, 0.29) is 24.8 Å². The van der Waals surface area contributed by atoms with E-state index in [2.05, 4.69) is 5.32 Å². The summed E-state index contributed by atoms with van der Waals surface area (Å²) in [4.78, 5) is 24.7. The number of hydrogen-bond donors (Lipinski definition) is 4. The van der Waals surface area contributed by atoms with Crippen LogP contribution in [0.4, 0.5) is 0 Å². The lowest BCUT2D eigenvalue weighted by Crippen LogP contribution is -2.37. The van der Waals surface area contributed by atoms with Crippen molar-refractivity contribution in [1.82, 2.24) is 10.2 Å². The number of rotatable bonds is 16. The molecule has 0 atom stereocenters. The summed E-state index contributed by atoms with van der Waals surface area (Å²) < 4.78 is 5.23. The lowest BCUT2D eigenvalue weighted by atomic mass is 10.1. The van der Waals surface area contributed by atoms with Gasteiger partial charge in [0.1, 0.15) is 11.5 Å². The summed E-state index contributed by atoms with van der Waals surface area (Å²) in [5.41, 5.74) is 1.61. The standard InChI is InChI=1S/C25H34N2O6/c28-22-12-6-4-10-20(22)9-3-1-2-8-16-33-25(32)17-26-14-15-27(19-24(30)31)18-21-11-5-7-13-23(21)29/h4-7,10-13,26,28-29H,1-3,8-9,14-19H2,(H,30,31). The minimum Gasteiger partial charge on any atom is -0.508 e. The Morgan fingerprint density at radius 2 is 1.52 bits per heavy atom. The zero-order valence-corrected chi connectivity index (χ0v) is 18.9. The molecule has 0 amide bonds. The Morgan fingerprint density at radius 3 is 2.18 bits per heavy atom. The molecule has 0 saturated heterocycles. The average molecular weight is 459 g/mol. The first-order valence-electron chi connectivity index (χ1n) is 11.3. The van der Waals surface area contributed by atoms with Crippen molar-refractivity contribution in [2.45, 2.75) is 38.6 Å². The van der Waals surface area contributed by atoms with Crippen LogP contribution in [-0.4, -0.2) is 64.9 Å². The third-order valence-corrected chi connectivity index (χ3v) is 5.21. The summed E-state index contributed by atoms with van der Waals surface area (Å²) in [6.45, 7) is 1.40. The molecule has 4 N–H and O–H groups in total. The minimum absolute atomic E-state index is 0.0603. The van der Waals surface area contributed by atoms with E-state index in [0.717, 1.165) is 37.7 Å². The average Bonchev–Trinajstić information content (AvgIpc) is 2.78. The Morgan fingerprint density at radius 1 is 0.879 bits per heavy atom. The van der Waals surface area contributed by atoms with Crippen molar-refractivity contribution in [2.75, 3.05) is 32.8 Å². The van der Waals surface area contributed by atoms with Gasteiger partial charge < -0.3 is 25.4 Å². The number of benzene rings is 2. The molecule has 8 heteroatoms. The molecule has 8 nitrogen and oxygen atoms in total. The number of hydrogen-bond acceptors (Lipinski definition) is 7. The molecule has 0 aliphatic carbocycles. The predicted molar refractivity (Wildman–Crippen MR) is 125 cm³/mol. The molecular formula is C25H34N2O6. The molecule has 0 bridgehead atoms. The van der Waals surface area contributed by atoms with Crippen LogP contribution in [0.1, 0.15) is 36.8 Å². The lowest BCUT2D eigenvalue weighted by Gasteiger charge is -2.21.